The van der Waals surface area contributed by atoms with E-state index >= 15 is 0 Å². The van der Waals surface area contributed by atoms with Gasteiger partial charge in [-0.25, -0.2) is 0 Å². The quantitative estimate of drug-likeness (QED) is 0.655. The molecule has 0 radical (unpaired) electrons. The molecule has 1 heterocycles. The van der Waals surface area contributed by atoms with Gasteiger partial charge in [-0.2, -0.15) is 0 Å². The number of amides is 1. The number of anilines is 1. The third-order valence-electron chi connectivity index (χ3n) is 2.53. The Hall–Kier alpha value is -1.97. The first-order valence-electron chi connectivity index (χ1n) is 4.67. The molecule has 4 heteroatoms. The van der Waals surface area contributed by atoms with E-state index in [1.807, 2.05) is 6.07 Å². The van der Waals surface area contributed by atoms with Crippen LogP contribution in [0.1, 0.15) is 13.8 Å². The molecule has 15 heavy (non-hydrogen) atoms. The second kappa shape index (κ2) is 3.31. The lowest BCUT2D eigenvalue weighted by Gasteiger charge is -2.05. The van der Waals surface area contributed by atoms with Crippen LogP contribution >= 0.6 is 0 Å². The van der Waals surface area contributed by atoms with E-state index < -0.39 is 0 Å². The first-order chi connectivity index (χ1) is 7.13. The van der Waals surface area contributed by atoms with Crippen LogP contribution in [0.5, 0.6) is 0 Å². The second-order valence-corrected chi connectivity index (χ2v) is 3.44. The van der Waals surface area contributed by atoms with Crippen molar-refractivity contribution in [2.45, 2.75) is 13.8 Å². The highest BCUT2D eigenvalue weighted by molar-refractivity contribution is 6.05. The van der Waals surface area contributed by atoms with E-state index in [9.17, 15) is 9.70 Å². The van der Waals surface area contributed by atoms with Crippen LogP contribution in [0.4, 0.5) is 5.69 Å². The van der Waals surface area contributed by atoms with Crippen LogP contribution in [-0.4, -0.2) is 10.8 Å². The van der Waals surface area contributed by atoms with Crippen molar-refractivity contribution in [3.8, 4) is 0 Å². The molecule has 0 saturated carbocycles. The molecule has 0 unspecified atom stereocenters. The Kier molecular flexibility index (Phi) is 2.11. The lowest BCUT2D eigenvalue weighted by molar-refractivity contribution is -0.495. The fourth-order valence-electron chi connectivity index (χ4n) is 1.48. The molecule has 0 atom stereocenters. The molecule has 0 spiro atoms. The van der Waals surface area contributed by atoms with Gasteiger partial charge in [0.1, 0.15) is 5.69 Å². The Bertz CT molecular complexity index is 439. The average Bonchev–Trinajstić information content (AvgIpc) is 2.45. The summed E-state index contributed by atoms with van der Waals surface area (Å²) in [6, 6.07) is 8.88. The van der Waals surface area contributed by atoms with Gasteiger partial charge in [-0.3, -0.25) is 4.79 Å². The molecule has 1 aromatic carbocycles. The van der Waals surface area contributed by atoms with Gasteiger partial charge in [-0.15, -0.1) is 0 Å². The van der Waals surface area contributed by atoms with Crippen molar-refractivity contribution in [2.24, 2.45) is 0 Å². The summed E-state index contributed by atoms with van der Waals surface area (Å²) in [5, 5.41) is 1.13. The highest BCUT2D eigenvalue weighted by atomic mass is 16.3. The molecule has 76 valence electrons. The van der Waals surface area contributed by atoms with E-state index in [4.69, 9.17) is 0 Å². The van der Waals surface area contributed by atoms with E-state index in [0.29, 0.717) is 21.8 Å². The predicted molar refractivity (Wildman–Crippen MR) is 55.9 cm³/mol. The van der Waals surface area contributed by atoms with Gasteiger partial charge in [0.25, 0.3) is 5.70 Å². The zero-order valence-electron chi connectivity index (χ0n) is 8.60. The highest BCUT2D eigenvalue weighted by Crippen LogP contribution is 2.25. The van der Waals surface area contributed by atoms with Gasteiger partial charge in [0.05, 0.1) is 10.5 Å². The summed E-state index contributed by atoms with van der Waals surface area (Å²) >= 11 is 0. The summed E-state index contributed by atoms with van der Waals surface area (Å²) in [6.45, 7) is 3.30. The van der Waals surface area contributed by atoms with Gasteiger partial charge >= 0.3 is 5.91 Å². The van der Waals surface area contributed by atoms with Crippen LogP contribution in [0.2, 0.25) is 0 Å². The molecule has 0 saturated heterocycles. The Balaban J connectivity index is 2.44. The molecule has 1 aliphatic rings. The maximum absolute atomic E-state index is 11.8. The first kappa shape index (κ1) is 9.58. The number of nitroso groups, excluding NO2 is 1. The molecule has 0 aromatic heterocycles. The minimum absolute atomic E-state index is 0.256. The third kappa shape index (κ3) is 1.34. The SMILES string of the molecule is CC1=C(C)[N+](=O)N(c2ccccc2)C1=O. The smallest absolute Gasteiger partial charge is 0.263 e. The van der Waals surface area contributed by atoms with Crippen molar-refractivity contribution < 1.29 is 9.66 Å². The first-order valence-corrected chi connectivity index (χ1v) is 4.67. The zero-order chi connectivity index (χ0) is 11.0. The molecular weight excluding hydrogens is 192 g/mol. The van der Waals surface area contributed by atoms with E-state index in [0.717, 1.165) is 5.01 Å². The maximum Gasteiger partial charge on any atom is 0.321 e. The molecule has 1 aliphatic heterocycles. The largest absolute Gasteiger partial charge is 0.321 e. The molecule has 1 amide bonds. The number of benzene rings is 1. The van der Waals surface area contributed by atoms with Crippen LogP contribution in [0.15, 0.2) is 41.6 Å². The van der Waals surface area contributed by atoms with E-state index in [1.165, 1.54) is 0 Å². The summed E-state index contributed by atoms with van der Waals surface area (Å²) in [7, 11) is 0. The van der Waals surface area contributed by atoms with Gasteiger partial charge in [-0.05, 0) is 24.1 Å². The van der Waals surface area contributed by atoms with Crippen molar-refractivity contribution in [3.05, 3.63) is 46.5 Å². The molecule has 2 rings (SSSR count). The minimum Gasteiger partial charge on any atom is -0.263 e. The number of allylic oxidation sites excluding steroid dienone is 1. The van der Waals surface area contributed by atoms with Gasteiger partial charge in [-0.1, -0.05) is 18.2 Å². The Morgan fingerprint density at radius 3 is 2.20 bits per heavy atom. The van der Waals surface area contributed by atoms with Crippen LogP contribution < -0.4 is 5.01 Å². The van der Waals surface area contributed by atoms with Gasteiger partial charge in [0, 0.05) is 6.92 Å². The second-order valence-electron chi connectivity index (χ2n) is 3.44. The van der Waals surface area contributed by atoms with Gasteiger partial charge in [0.2, 0.25) is 0 Å². The molecule has 0 N–H and O–H groups in total. The molecule has 4 nitrogen and oxygen atoms in total. The molecular formula is C11H11N2O2+. The predicted octanol–water partition coefficient (Wildman–Crippen LogP) is 2.02. The van der Waals surface area contributed by atoms with Crippen LogP contribution in [0.25, 0.3) is 0 Å². The fourth-order valence-corrected chi connectivity index (χ4v) is 1.48. The number of nitrogens with zero attached hydrogens (tertiary/aromatic N) is 2. The van der Waals surface area contributed by atoms with Crippen molar-refractivity contribution in [3.63, 3.8) is 0 Å². The van der Waals surface area contributed by atoms with Crippen molar-refractivity contribution in [2.75, 3.05) is 5.01 Å². The Morgan fingerprint density at radius 1 is 1.13 bits per heavy atom. The monoisotopic (exact) mass is 203 g/mol. The summed E-state index contributed by atoms with van der Waals surface area (Å²) in [6.07, 6.45) is 0. The molecule has 0 bridgehead atoms. The Morgan fingerprint density at radius 2 is 1.73 bits per heavy atom. The Labute approximate surface area is 87.4 Å². The van der Waals surface area contributed by atoms with E-state index in [2.05, 4.69) is 0 Å². The number of carbonyl (C=O) groups is 1. The van der Waals surface area contributed by atoms with Gasteiger partial charge in [0.15, 0.2) is 4.87 Å². The van der Waals surface area contributed by atoms with Crippen LogP contribution in [-0.2, 0) is 4.79 Å². The molecule has 0 fully saturated rings. The van der Waals surface area contributed by atoms with Crippen molar-refractivity contribution >= 4 is 11.6 Å². The lowest BCUT2D eigenvalue weighted by Crippen LogP contribution is -2.31. The number of hydrogen-bond acceptors (Lipinski definition) is 2. The van der Waals surface area contributed by atoms with E-state index in [1.54, 1.807) is 38.1 Å². The lowest BCUT2D eigenvalue weighted by atomic mass is 10.2. The summed E-state index contributed by atoms with van der Waals surface area (Å²) in [4.78, 5) is 24.1. The third-order valence-corrected chi connectivity index (χ3v) is 2.53. The number of hydrogen-bond donors (Lipinski definition) is 0. The zero-order valence-corrected chi connectivity index (χ0v) is 8.60. The number of hydrazine groups is 1. The average molecular weight is 203 g/mol. The number of rotatable bonds is 1. The van der Waals surface area contributed by atoms with Crippen LogP contribution in [0, 0.1) is 4.91 Å². The van der Waals surface area contributed by atoms with Crippen molar-refractivity contribution in [1.82, 2.24) is 0 Å². The maximum atomic E-state index is 11.8. The number of para-hydroxylation sites is 1. The van der Waals surface area contributed by atoms with Crippen LogP contribution in [0.3, 0.4) is 0 Å². The fraction of sp³-hybridized carbons (Fsp3) is 0.182. The summed E-state index contributed by atoms with van der Waals surface area (Å²) in [5.41, 5.74) is 1.53. The summed E-state index contributed by atoms with van der Waals surface area (Å²) < 4.78 is 0. The molecule has 1 aromatic rings. The topological polar surface area (TPSA) is 40.4 Å². The number of carbonyl (C=O) groups excluding carboxylic acids is 1. The van der Waals surface area contributed by atoms with E-state index in [-0.39, 0.29) is 5.91 Å². The van der Waals surface area contributed by atoms with Gasteiger partial charge < -0.3 is 0 Å². The highest BCUT2D eigenvalue weighted by Gasteiger charge is 2.43. The minimum atomic E-state index is -0.256. The standard InChI is InChI=1S/C11H11N2O2/c1-8-9(2)13(15)12(11(8)14)10-6-4-3-5-7-10/h3-7H,1-2H3/q+1. The van der Waals surface area contributed by atoms with Crippen molar-refractivity contribution in [1.29, 1.82) is 0 Å². The normalized spacial score (nSPS) is 16.5. The molecule has 0 aliphatic carbocycles. The summed E-state index contributed by atoms with van der Waals surface area (Å²) in [5.74, 6) is -0.256.